The molecule has 0 radical (unpaired) electrons. The SMILES string of the molecule is COc1ccc(-n2nnc(C(=O)N3CCCN(c4ccccc4C#N)CC3)c2C)cc1. The molecule has 158 valence electrons. The molecule has 1 aromatic heterocycles. The third-order valence-electron chi connectivity index (χ3n) is 5.56. The minimum Gasteiger partial charge on any atom is -0.497 e. The molecule has 0 bridgehead atoms. The zero-order valence-electron chi connectivity index (χ0n) is 17.7. The summed E-state index contributed by atoms with van der Waals surface area (Å²) in [6, 6.07) is 17.3. The topological polar surface area (TPSA) is 87.3 Å². The van der Waals surface area contributed by atoms with Crippen LogP contribution in [0.2, 0.25) is 0 Å². The molecular formula is C23H24N6O2. The summed E-state index contributed by atoms with van der Waals surface area (Å²) in [5, 5.41) is 17.8. The highest BCUT2D eigenvalue weighted by Gasteiger charge is 2.26. The second-order valence-electron chi connectivity index (χ2n) is 7.40. The van der Waals surface area contributed by atoms with Crippen molar-refractivity contribution in [1.29, 1.82) is 5.26 Å². The number of nitrogens with zero attached hydrogens (tertiary/aromatic N) is 6. The smallest absolute Gasteiger partial charge is 0.276 e. The highest BCUT2D eigenvalue weighted by atomic mass is 16.5. The monoisotopic (exact) mass is 416 g/mol. The van der Waals surface area contributed by atoms with Crippen LogP contribution in [0, 0.1) is 18.3 Å². The van der Waals surface area contributed by atoms with Gasteiger partial charge in [-0.1, -0.05) is 17.3 Å². The molecule has 8 nitrogen and oxygen atoms in total. The summed E-state index contributed by atoms with van der Waals surface area (Å²) in [6.07, 6.45) is 0.817. The average Bonchev–Trinajstić information content (AvgIpc) is 3.03. The van der Waals surface area contributed by atoms with Crippen molar-refractivity contribution in [2.24, 2.45) is 0 Å². The maximum absolute atomic E-state index is 13.2. The van der Waals surface area contributed by atoms with Gasteiger partial charge in [0.15, 0.2) is 5.69 Å². The minimum atomic E-state index is -0.118. The van der Waals surface area contributed by atoms with E-state index in [0.29, 0.717) is 36.6 Å². The lowest BCUT2D eigenvalue weighted by atomic mass is 10.1. The molecule has 0 saturated carbocycles. The lowest BCUT2D eigenvalue weighted by molar-refractivity contribution is 0.0760. The molecule has 0 N–H and O–H groups in total. The van der Waals surface area contributed by atoms with E-state index in [0.717, 1.165) is 30.1 Å². The Balaban J connectivity index is 1.50. The van der Waals surface area contributed by atoms with Gasteiger partial charge in [-0.3, -0.25) is 4.79 Å². The number of carbonyl (C=O) groups excluding carboxylic acids is 1. The van der Waals surface area contributed by atoms with E-state index in [1.807, 2.05) is 60.4 Å². The van der Waals surface area contributed by atoms with Crippen LogP contribution in [-0.4, -0.2) is 59.1 Å². The highest BCUT2D eigenvalue weighted by Crippen LogP contribution is 2.22. The number of aromatic nitrogens is 3. The fourth-order valence-corrected chi connectivity index (χ4v) is 3.85. The fourth-order valence-electron chi connectivity index (χ4n) is 3.85. The highest BCUT2D eigenvalue weighted by molar-refractivity contribution is 5.93. The standard InChI is InChI=1S/C23H24N6O2/c1-17-22(25-26-29(17)19-8-10-20(31-2)11-9-19)23(30)28-13-5-12-27(14-15-28)21-7-4-3-6-18(21)16-24/h3-4,6-11H,5,12-15H2,1-2H3. The number of carbonyl (C=O) groups is 1. The van der Waals surface area contributed by atoms with Crippen molar-refractivity contribution in [3.63, 3.8) is 0 Å². The predicted molar refractivity (Wildman–Crippen MR) is 117 cm³/mol. The Hall–Kier alpha value is -3.86. The van der Waals surface area contributed by atoms with Crippen LogP contribution in [0.4, 0.5) is 5.69 Å². The van der Waals surface area contributed by atoms with Gasteiger partial charge in [0.25, 0.3) is 5.91 Å². The van der Waals surface area contributed by atoms with Crippen LogP contribution in [-0.2, 0) is 0 Å². The number of benzene rings is 2. The number of para-hydroxylation sites is 1. The molecule has 31 heavy (non-hydrogen) atoms. The molecule has 1 aliphatic heterocycles. The van der Waals surface area contributed by atoms with E-state index in [1.165, 1.54) is 0 Å². The third-order valence-corrected chi connectivity index (χ3v) is 5.56. The Bertz CT molecular complexity index is 1120. The normalized spacial score (nSPS) is 14.1. The van der Waals surface area contributed by atoms with Gasteiger partial charge in [0.1, 0.15) is 11.8 Å². The number of ether oxygens (including phenoxy) is 1. The van der Waals surface area contributed by atoms with Gasteiger partial charge in [0.05, 0.1) is 29.7 Å². The molecule has 3 aromatic rings. The summed E-state index contributed by atoms with van der Waals surface area (Å²) in [7, 11) is 1.62. The van der Waals surface area contributed by atoms with Gasteiger partial charge in [-0.25, -0.2) is 4.68 Å². The molecule has 0 aliphatic carbocycles. The van der Waals surface area contributed by atoms with E-state index in [4.69, 9.17) is 4.74 Å². The number of amides is 1. The molecule has 0 unspecified atom stereocenters. The van der Waals surface area contributed by atoms with E-state index in [1.54, 1.807) is 11.8 Å². The lowest BCUT2D eigenvalue weighted by Gasteiger charge is -2.24. The first kappa shape index (κ1) is 20.4. The first-order valence-corrected chi connectivity index (χ1v) is 10.2. The number of methoxy groups -OCH3 is 1. The molecule has 2 heterocycles. The summed E-state index contributed by atoms with van der Waals surface area (Å²) in [5.74, 6) is 0.637. The number of hydrogen-bond acceptors (Lipinski definition) is 6. The van der Waals surface area contributed by atoms with Crippen LogP contribution in [0.3, 0.4) is 0 Å². The van der Waals surface area contributed by atoms with Crippen molar-refractivity contribution in [3.8, 4) is 17.5 Å². The Morgan fingerprint density at radius 3 is 2.58 bits per heavy atom. The van der Waals surface area contributed by atoms with Crippen molar-refractivity contribution in [3.05, 3.63) is 65.5 Å². The number of anilines is 1. The van der Waals surface area contributed by atoms with Crippen molar-refractivity contribution < 1.29 is 9.53 Å². The number of hydrogen-bond donors (Lipinski definition) is 0. The summed E-state index contributed by atoms with van der Waals surface area (Å²) >= 11 is 0. The maximum atomic E-state index is 13.2. The van der Waals surface area contributed by atoms with Gasteiger partial charge in [0.2, 0.25) is 0 Å². The van der Waals surface area contributed by atoms with Crippen molar-refractivity contribution >= 4 is 11.6 Å². The van der Waals surface area contributed by atoms with Gasteiger partial charge in [-0.2, -0.15) is 5.26 Å². The number of rotatable bonds is 4. The summed E-state index contributed by atoms with van der Waals surface area (Å²) in [4.78, 5) is 17.2. The molecule has 2 aromatic carbocycles. The quantitative estimate of drug-likeness (QED) is 0.650. The van der Waals surface area contributed by atoms with Crippen molar-refractivity contribution in [2.75, 3.05) is 38.2 Å². The van der Waals surface area contributed by atoms with Crippen LogP contribution < -0.4 is 9.64 Å². The predicted octanol–water partition coefficient (Wildman–Crippen LogP) is 2.81. The van der Waals surface area contributed by atoms with Gasteiger partial charge in [0, 0.05) is 26.2 Å². The fraction of sp³-hybridized carbons (Fsp3) is 0.304. The van der Waals surface area contributed by atoms with Crippen LogP contribution >= 0.6 is 0 Å². The third kappa shape index (κ3) is 4.08. The van der Waals surface area contributed by atoms with Crippen LogP contribution in [0.5, 0.6) is 5.75 Å². The van der Waals surface area contributed by atoms with Crippen LogP contribution in [0.1, 0.15) is 28.2 Å². The molecular weight excluding hydrogens is 392 g/mol. The maximum Gasteiger partial charge on any atom is 0.276 e. The first-order valence-electron chi connectivity index (χ1n) is 10.2. The van der Waals surface area contributed by atoms with Crippen molar-refractivity contribution in [1.82, 2.24) is 19.9 Å². The molecule has 4 rings (SSSR count). The van der Waals surface area contributed by atoms with Crippen LogP contribution in [0.25, 0.3) is 5.69 Å². The molecule has 0 atom stereocenters. The first-order chi connectivity index (χ1) is 15.1. The lowest BCUT2D eigenvalue weighted by Crippen LogP contribution is -2.36. The second-order valence-corrected chi connectivity index (χ2v) is 7.40. The Kier molecular flexibility index (Phi) is 5.85. The molecule has 1 amide bonds. The van der Waals surface area contributed by atoms with Gasteiger partial charge in [-0.15, -0.1) is 5.10 Å². The van der Waals surface area contributed by atoms with Gasteiger partial charge < -0.3 is 14.5 Å². The Labute approximate surface area is 181 Å². The van der Waals surface area contributed by atoms with Crippen molar-refractivity contribution in [2.45, 2.75) is 13.3 Å². The van der Waals surface area contributed by atoms with Crippen LogP contribution in [0.15, 0.2) is 48.5 Å². The summed E-state index contributed by atoms with van der Waals surface area (Å²) in [5.41, 5.74) is 3.45. The summed E-state index contributed by atoms with van der Waals surface area (Å²) in [6.45, 7) is 4.51. The molecule has 1 aliphatic rings. The molecule has 0 spiro atoms. The van der Waals surface area contributed by atoms with E-state index in [9.17, 15) is 10.1 Å². The van der Waals surface area contributed by atoms with E-state index in [-0.39, 0.29) is 5.91 Å². The van der Waals surface area contributed by atoms with Gasteiger partial charge >= 0.3 is 0 Å². The average molecular weight is 416 g/mol. The molecule has 1 fully saturated rings. The molecule has 8 heteroatoms. The summed E-state index contributed by atoms with van der Waals surface area (Å²) < 4.78 is 6.86. The molecule has 1 saturated heterocycles. The Morgan fingerprint density at radius 2 is 1.84 bits per heavy atom. The van der Waals surface area contributed by atoms with E-state index < -0.39 is 0 Å². The second kappa shape index (κ2) is 8.88. The van der Waals surface area contributed by atoms with E-state index >= 15 is 0 Å². The zero-order chi connectivity index (χ0) is 21.8. The zero-order valence-corrected chi connectivity index (χ0v) is 17.7. The van der Waals surface area contributed by atoms with E-state index in [2.05, 4.69) is 21.3 Å². The minimum absolute atomic E-state index is 0.118. The largest absolute Gasteiger partial charge is 0.497 e. The Morgan fingerprint density at radius 1 is 1.06 bits per heavy atom. The number of nitriles is 1. The van der Waals surface area contributed by atoms with Gasteiger partial charge in [-0.05, 0) is 49.7 Å².